The summed E-state index contributed by atoms with van der Waals surface area (Å²) in [5.74, 6) is 0.558. The van der Waals surface area contributed by atoms with Crippen LogP contribution in [0.5, 0.6) is 5.75 Å². The molecule has 2 rings (SSSR count). The van der Waals surface area contributed by atoms with Gasteiger partial charge in [-0.1, -0.05) is 15.9 Å². The van der Waals surface area contributed by atoms with Crippen LogP contribution in [-0.2, 0) is 9.53 Å². The molecule has 1 atom stereocenters. The van der Waals surface area contributed by atoms with E-state index in [1.807, 2.05) is 0 Å². The molecule has 0 aliphatic carbocycles. The molecule has 1 aliphatic rings. The van der Waals surface area contributed by atoms with Gasteiger partial charge in [-0.25, -0.2) is 0 Å². The van der Waals surface area contributed by atoms with Crippen molar-refractivity contribution in [3.05, 3.63) is 22.7 Å². The average Bonchev–Trinajstić information content (AvgIpc) is 2.37. The van der Waals surface area contributed by atoms with E-state index in [-0.39, 0.29) is 5.91 Å². The van der Waals surface area contributed by atoms with Crippen LogP contribution in [0.15, 0.2) is 22.7 Å². The smallest absolute Gasteiger partial charge is 0.263 e. The van der Waals surface area contributed by atoms with Gasteiger partial charge in [0, 0.05) is 29.3 Å². The number of benzene rings is 1. The number of carbonyl (C=O) groups is 1. The van der Waals surface area contributed by atoms with Crippen molar-refractivity contribution in [1.29, 1.82) is 0 Å². The molecule has 0 spiro atoms. The first-order chi connectivity index (χ1) is 9.06. The van der Waals surface area contributed by atoms with Crippen molar-refractivity contribution in [3.63, 3.8) is 0 Å². The van der Waals surface area contributed by atoms with Crippen LogP contribution in [0, 0.1) is 0 Å². The summed E-state index contributed by atoms with van der Waals surface area (Å²) in [5, 5.41) is 0. The fourth-order valence-electron chi connectivity index (χ4n) is 1.95. The molecule has 0 radical (unpaired) electrons. The number of hydrogen-bond donors (Lipinski definition) is 1. The van der Waals surface area contributed by atoms with Gasteiger partial charge < -0.3 is 20.1 Å². The van der Waals surface area contributed by atoms with Gasteiger partial charge in [-0.2, -0.15) is 0 Å². The predicted octanol–water partition coefficient (Wildman–Crippen LogP) is 1.66. The third-order valence-corrected chi connectivity index (χ3v) is 3.33. The second kappa shape index (κ2) is 6.25. The molecule has 5 nitrogen and oxygen atoms in total. The molecule has 104 valence electrons. The van der Waals surface area contributed by atoms with Gasteiger partial charge in [-0.15, -0.1) is 0 Å². The highest BCUT2D eigenvalue weighted by Crippen LogP contribution is 2.24. The number of ether oxygens (including phenoxy) is 2. The lowest BCUT2D eigenvalue weighted by Crippen LogP contribution is -2.46. The van der Waals surface area contributed by atoms with Crippen molar-refractivity contribution in [3.8, 4) is 5.75 Å². The number of nitrogens with two attached hydrogens (primary N) is 1. The summed E-state index contributed by atoms with van der Waals surface area (Å²) in [7, 11) is 0. The van der Waals surface area contributed by atoms with Gasteiger partial charge in [-0.3, -0.25) is 4.79 Å². The summed E-state index contributed by atoms with van der Waals surface area (Å²) >= 11 is 3.34. The summed E-state index contributed by atoms with van der Waals surface area (Å²) in [6.45, 7) is 4.15. The predicted molar refractivity (Wildman–Crippen MR) is 76.0 cm³/mol. The van der Waals surface area contributed by atoms with Crippen LogP contribution in [0.4, 0.5) is 5.69 Å². The fourth-order valence-corrected chi connectivity index (χ4v) is 2.44. The van der Waals surface area contributed by atoms with Gasteiger partial charge in [0.25, 0.3) is 5.91 Å². The third-order valence-electron chi connectivity index (χ3n) is 2.88. The third kappa shape index (κ3) is 3.84. The van der Waals surface area contributed by atoms with Crippen LogP contribution < -0.4 is 10.5 Å². The topological polar surface area (TPSA) is 64.8 Å². The highest BCUT2D eigenvalue weighted by atomic mass is 79.9. The first kappa shape index (κ1) is 14.1. The van der Waals surface area contributed by atoms with E-state index in [1.165, 1.54) is 0 Å². The van der Waals surface area contributed by atoms with Crippen LogP contribution in [0.25, 0.3) is 0 Å². The molecular formula is C13H17BrN2O3. The zero-order valence-corrected chi connectivity index (χ0v) is 12.4. The first-order valence-corrected chi connectivity index (χ1v) is 6.95. The van der Waals surface area contributed by atoms with Gasteiger partial charge in [0.2, 0.25) is 0 Å². The maximum Gasteiger partial charge on any atom is 0.263 e. The number of hydrogen-bond acceptors (Lipinski definition) is 4. The van der Waals surface area contributed by atoms with E-state index in [1.54, 1.807) is 30.0 Å². The Labute approximate surface area is 120 Å². The van der Waals surface area contributed by atoms with Crippen LogP contribution >= 0.6 is 15.9 Å². The molecule has 0 bridgehead atoms. The molecule has 1 saturated heterocycles. The minimum absolute atomic E-state index is 0.0261. The molecule has 1 amide bonds. The maximum atomic E-state index is 12.2. The highest BCUT2D eigenvalue weighted by molar-refractivity contribution is 9.10. The van der Waals surface area contributed by atoms with E-state index in [2.05, 4.69) is 15.9 Å². The lowest BCUT2D eigenvalue weighted by molar-refractivity contribution is -0.142. The van der Waals surface area contributed by atoms with E-state index in [0.29, 0.717) is 37.7 Å². The molecule has 1 aromatic carbocycles. The minimum atomic E-state index is -0.535. The average molecular weight is 329 g/mol. The summed E-state index contributed by atoms with van der Waals surface area (Å²) in [6, 6.07) is 5.27. The molecule has 1 aromatic rings. The first-order valence-electron chi connectivity index (χ1n) is 6.15. The zero-order valence-electron chi connectivity index (χ0n) is 10.8. The number of amides is 1. The van der Waals surface area contributed by atoms with E-state index in [0.717, 1.165) is 4.47 Å². The van der Waals surface area contributed by atoms with Crippen LogP contribution in [-0.4, -0.2) is 43.2 Å². The minimum Gasteiger partial charge on any atom is -0.481 e. The number of nitrogen functional groups attached to an aromatic ring is 1. The highest BCUT2D eigenvalue weighted by Gasteiger charge is 2.23. The van der Waals surface area contributed by atoms with E-state index < -0.39 is 6.10 Å². The molecular weight excluding hydrogens is 312 g/mol. The SMILES string of the molecule is CC(Oc1cc(N)cc(Br)c1)C(=O)N1CCOCC1. The Balaban J connectivity index is 1.99. The molecule has 1 aliphatic heterocycles. The van der Waals surface area contributed by atoms with Gasteiger partial charge in [0.05, 0.1) is 13.2 Å². The van der Waals surface area contributed by atoms with Crippen molar-refractivity contribution in [1.82, 2.24) is 4.90 Å². The largest absolute Gasteiger partial charge is 0.481 e. The van der Waals surface area contributed by atoms with Gasteiger partial charge >= 0.3 is 0 Å². The van der Waals surface area contributed by atoms with Crippen molar-refractivity contribution >= 4 is 27.5 Å². The van der Waals surface area contributed by atoms with Crippen LogP contribution in [0.3, 0.4) is 0 Å². The molecule has 0 aromatic heterocycles. The van der Waals surface area contributed by atoms with Crippen molar-refractivity contribution in [2.24, 2.45) is 0 Å². The Kier molecular flexibility index (Phi) is 4.66. The quantitative estimate of drug-likeness (QED) is 0.857. The molecule has 19 heavy (non-hydrogen) atoms. The monoisotopic (exact) mass is 328 g/mol. The molecule has 2 N–H and O–H groups in total. The van der Waals surface area contributed by atoms with Crippen molar-refractivity contribution in [2.45, 2.75) is 13.0 Å². The molecule has 1 heterocycles. The Hall–Kier alpha value is -1.27. The lowest BCUT2D eigenvalue weighted by atomic mass is 10.3. The Morgan fingerprint density at radius 3 is 2.74 bits per heavy atom. The number of nitrogens with zero attached hydrogens (tertiary/aromatic N) is 1. The summed E-state index contributed by atoms with van der Waals surface area (Å²) in [6.07, 6.45) is -0.535. The molecule has 1 unspecified atom stereocenters. The normalized spacial score (nSPS) is 17.1. The van der Waals surface area contributed by atoms with Gasteiger partial charge in [0.1, 0.15) is 5.75 Å². The Morgan fingerprint density at radius 1 is 1.42 bits per heavy atom. The standard InChI is InChI=1S/C13H17BrN2O3/c1-9(13(17)16-2-4-18-5-3-16)19-12-7-10(14)6-11(15)8-12/h6-9H,2-5,15H2,1H3. The molecule has 0 saturated carbocycles. The Morgan fingerprint density at radius 2 is 2.11 bits per heavy atom. The zero-order chi connectivity index (χ0) is 13.8. The summed E-state index contributed by atoms with van der Waals surface area (Å²) in [4.78, 5) is 13.9. The number of anilines is 1. The van der Waals surface area contributed by atoms with Crippen molar-refractivity contribution in [2.75, 3.05) is 32.0 Å². The molecule has 6 heteroatoms. The maximum absolute atomic E-state index is 12.2. The summed E-state index contributed by atoms with van der Waals surface area (Å²) < 4.78 is 11.7. The van der Waals surface area contributed by atoms with E-state index in [9.17, 15) is 4.79 Å². The van der Waals surface area contributed by atoms with Crippen molar-refractivity contribution < 1.29 is 14.3 Å². The number of morpholine rings is 1. The summed E-state index contributed by atoms with van der Waals surface area (Å²) in [5.41, 5.74) is 6.33. The van der Waals surface area contributed by atoms with Gasteiger partial charge in [0.15, 0.2) is 6.10 Å². The number of carbonyl (C=O) groups excluding carboxylic acids is 1. The number of rotatable bonds is 3. The van der Waals surface area contributed by atoms with Crippen LogP contribution in [0.2, 0.25) is 0 Å². The molecule has 1 fully saturated rings. The Bertz CT molecular complexity index is 441. The van der Waals surface area contributed by atoms with E-state index >= 15 is 0 Å². The second-order valence-corrected chi connectivity index (χ2v) is 5.33. The van der Waals surface area contributed by atoms with Crippen LogP contribution in [0.1, 0.15) is 6.92 Å². The fraction of sp³-hybridized carbons (Fsp3) is 0.462. The second-order valence-electron chi connectivity index (χ2n) is 4.42. The lowest BCUT2D eigenvalue weighted by Gasteiger charge is -2.29. The van der Waals surface area contributed by atoms with Gasteiger partial charge in [-0.05, 0) is 19.1 Å². The number of halogens is 1. The van der Waals surface area contributed by atoms with E-state index in [4.69, 9.17) is 15.2 Å².